The van der Waals surface area contributed by atoms with Gasteiger partial charge >= 0.3 is 5.97 Å². The molecular formula is C19H24O5. The number of rotatable bonds is 2. The van der Waals surface area contributed by atoms with Gasteiger partial charge in [0.15, 0.2) is 0 Å². The minimum Gasteiger partial charge on any atom is -0.458 e. The first-order valence-electron chi connectivity index (χ1n) is 8.85. The summed E-state index contributed by atoms with van der Waals surface area (Å²) in [5.41, 5.74) is 0.332. The maximum Gasteiger partial charge on any atom is 0.330 e. The van der Waals surface area contributed by atoms with E-state index in [-0.39, 0.29) is 52.9 Å². The average molecular weight is 332 g/mol. The van der Waals surface area contributed by atoms with Gasteiger partial charge in [0.1, 0.15) is 17.8 Å². The van der Waals surface area contributed by atoms with Gasteiger partial charge < -0.3 is 18.9 Å². The van der Waals surface area contributed by atoms with E-state index in [0.29, 0.717) is 13.0 Å². The third kappa shape index (κ3) is 1.46. The zero-order valence-corrected chi connectivity index (χ0v) is 14.6. The molecule has 5 rings (SSSR count). The minimum atomic E-state index is -0.339. The molecule has 1 spiro atoms. The maximum absolute atomic E-state index is 12.1. The van der Waals surface area contributed by atoms with E-state index in [1.54, 1.807) is 6.08 Å². The van der Waals surface area contributed by atoms with Crippen molar-refractivity contribution in [2.24, 2.45) is 10.8 Å². The number of allylic oxidation sites excluding steroid dienone is 1. The van der Waals surface area contributed by atoms with E-state index < -0.39 is 0 Å². The molecule has 0 aromatic carbocycles. The minimum absolute atomic E-state index is 0.0171. The van der Waals surface area contributed by atoms with E-state index in [1.807, 2.05) is 6.92 Å². The number of hydrogen-bond acceptors (Lipinski definition) is 5. The molecule has 0 aromatic heterocycles. The molecule has 0 aromatic rings. The van der Waals surface area contributed by atoms with Crippen molar-refractivity contribution in [3.05, 3.63) is 23.8 Å². The molecule has 130 valence electrons. The third-order valence-corrected chi connectivity index (χ3v) is 7.45. The Bertz CT molecular complexity index is 677. The number of ether oxygens (including phenoxy) is 4. The Kier molecular flexibility index (Phi) is 2.72. The molecule has 5 nitrogen and oxygen atoms in total. The molecular weight excluding hydrogens is 308 g/mol. The molecule has 2 bridgehead atoms. The molecule has 3 saturated heterocycles. The molecule has 4 fully saturated rings. The molecule has 3 heterocycles. The molecule has 0 unspecified atom stereocenters. The molecule has 5 heteroatoms. The number of esters is 1. The standard InChI is InChI=1S/C19H24O5/c1-5-6-14(20)23-12-8-13-19(9-21-19)18(12,4)17(3)11(22-13)7-10(2)15-16(17)24-15/h5-7,11-13,15-16H,8-9H2,1-4H3/b6-5+/t11-,12-,13-,15+,16+,17-,18-,19+/m1/s1. The number of fused-ring (bicyclic) bond motifs is 4. The first-order valence-corrected chi connectivity index (χ1v) is 8.85. The Morgan fingerprint density at radius 2 is 2.12 bits per heavy atom. The van der Waals surface area contributed by atoms with Crippen molar-refractivity contribution in [1.29, 1.82) is 0 Å². The molecule has 5 aliphatic rings. The summed E-state index contributed by atoms with van der Waals surface area (Å²) in [6, 6.07) is 0. The molecule has 3 aliphatic heterocycles. The largest absolute Gasteiger partial charge is 0.458 e. The lowest BCUT2D eigenvalue weighted by Crippen LogP contribution is -2.66. The lowest BCUT2D eigenvalue weighted by atomic mass is 9.52. The van der Waals surface area contributed by atoms with Crippen molar-refractivity contribution in [3.8, 4) is 0 Å². The van der Waals surface area contributed by atoms with Crippen LogP contribution in [0.5, 0.6) is 0 Å². The van der Waals surface area contributed by atoms with Gasteiger partial charge in [-0.25, -0.2) is 4.79 Å². The van der Waals surface area contributed by atoms with Gasteiger partial charge in [-0.3, -0.25) is 0 Å². The number of carbonyl (C=O) groups excluding carboxylic acids is 1. The van der Waals surface area contributed by atoms with E-state index >= 15 is 0 Å². The summed E-state index contributed by atoms with van der Waals surface area (Å²) in [7, 11) is 0. The van der Waals surface area contributed by atoms with Crippen LogP contribution < -0.4 is 0 Å². The highest BCUT2D eigenvalue weighted by Crippen LogP contribution is 2.74. The topological polar surface area (TPSA) is 60.6 Å². The van der Waals surface area contributed by atoms with Crippen molar-refractivity contribution in [2.45, 2.75) is 70.2 Å². The Labute approximate surface area is 142 Å². The van der Waals surface area contributed by atoms with Crippen LogP contribution in [0.2, 0.25) is 0 Å². The van der Waals surface area contributed by atoms with Crippen LogP contribution in [0.25, 0.3) is 0 Å². The second-order valence-electron chi connectivity index (χ2n) is 8.26. The van der Waals surface area contributed by atoms with E-state index in [0.717, 1.165) is 0 Å². The predicted molar refractivity (Wildman–Crippen MR) is 85.3 cm³/mol. The maximum atomic E-state index is 12.1. The zero-order chi connectivity index (χ0) is 16.9. The van der Waals surface area contributed by atoms with Crippen LogP contribution in [-0.2, 0) is 23.7 Å². The second-order valence-corrected chi connectivity index (χ2v) is 8.26. The summed E-state index contributed by atoms with van der Waals surface area (Å²) in [4.78, 5) is 12.1. The summed E-state index contributed by atoms with van der Waals surface area (Å²) >= 11 is 0. The fourth-order valence-electron chi connectivity index (χ4n) is 5.77. The van der Waals surface area contributed by atoms with Crippen LogP contribution in [-0.4, -0.2) is 48.7 Å². The van der Waals surface area contributed by atoms with Crippen LogP contribution >= 0.6 is 0 Å². The summed E-state index contributed by atoms with van der Waals surface area (Å²) < 4.78 is 24.4. The van der Waals surface area contributed by atoms with E-state index in [2.05, 4.69) is 26.8 Å². The lowest BCUT2D eigenvalue weighted by molar-refractivity contribution is -0.212. The smallest absolute Gasteiger partial charge is 0.330 e. The fourth-order valence-corrected chi connectivity index (χ4v) is 5.77. The van der Waals surface area contributed by atoms with Gasteiger partial charge in [0.05, 0.1) is 24.9 Å². The van der Waals surface area contributed by atoms with Gasteiger partial charge in [-0.2, -0.15) is 0 Å². The summed E-state index contributed by atoms with van der Waals surface area (Å²) in [5, 5.41) is 0. The van der Waals surface area contributed by atoms with Gasteiger partial charge in [-0.15, -0.1) is 0 Å². The van der Waals surface area contributed by atoms with Gasteiger partial charge in [-0.05, 0) is 19.4 Å². The van der Waals surface area contributed by atoms with Gasteiger partial charge in [0.2, 0.25) is 0 Å². The van der Waals surface area contributed by atoms with E-state index in [9.17, 15) is 4.79 Å². The highest BCUT2D eigenvalue weighted by atomic mass is 16.6. The molecule has 8 atom stereocenters. The van der Waals surface area contributed by atoms with Crippen LogP contribution in [0, 0.1) is 10.8 Å². The quantitative estimate of drug-likeness (QED) is 0.336. The Morgan fingerprint density at radius 1 is 1.38 bits per heavy atom. The van der Waals surface area contributed by atoms with Crippen molar-refractivity contribution in [2.75, 3.05) is 6.61 Å². The molecule has 2 aliphatic carbocycles. The average Bonchev–Trinajstić information content (AvgIpc) is 3.40. The summed E-state index contributed by atoms with van der Waals surface area (Å²) in [6.45, 7) is 9.05. The second kappa shape index (κ2) is 4.32. The highest BCUT2D eigenvalue weighted by Gasteiger charge is 2.85. The van der Waals surface area contributed by atoms with Crippen molar-refractivity contribution >= 4 is 5.97 Å². The van der Waals surface area contributed by atoms with E-state index in [1.165, 1.54) is 11.6 Å². The van der Waals surface area contributed by atoms with Gasteiger partial charge in [0, 0.05) is 23.3 Å². The lowest BCUT2D eigenvalue weighted by Gasteiger charge is -2.56. The number of hydrogen-bond donors (Lipinski definition) is 0. The van der Waals surface area contributed by atoms with Crippen LogP contribution in [0.4, 0.5) is 0 Å². The molecule has 1 saturated carbocycles. The first kappa shape index (κ1) is 15.1. The van der Waals surface area contributed by atoms with Gasteiger partial charge in [0.25, 0.3) is 0 Å². The SMILES string of the molecule is C/C=C/C(=O)O[C@@H]1C[C@H]2O[C@@H]3C=C(C)[C@@H]4O[C@@H]4[C@]3(C)[C@]1(C)[C@]21CO1. The molecule has 0 N–H and O–H groups in total. The van der Waals surface area contributed by atoms with Crippen molar-refractivity contribution < 1.29 is 23.7 Å². The fraction of sp³-hybridized carbons (Fsp3) is 0.737. The molecule has 24 heavy (non-hydrogen) atoms. The highest BCUT2D eigenvalue weighted by molar-refractivity contribution is 5.82. The Balaban J connectivity index is 1.60. The van der Waals surface area contributed by atoms with Gasteiger partial charge in [-0.1, -0.05) is 26.0 Å². The number of epoxide rings is 2. The van der Waals surface area contributed by atoms with Crippen LogP contribution in [0.3, 0.4) is 0 Å². The van der Waals surface area contributed by atoms with Crippen molar-refractivity contribution in [1.82, 2.24) is 0 Å². The zero-order valence-electron chi connectivity index (χ0n) is 14.6. The molecule has 0 radical (unpaired) electrons. The van der Waals surface area contributed by atoms with Crippen LogP contribution in [0.1, 0.15) is 34.1 Å². The first-order chi connectivity index (χ1) is 11.4. The summed E-state index contributed by atoms with van der Waals surface area (Å²) in [5.74, 6) is -0.289. The number of carbonyl (C=O) groups is 1. The predicted octanol–water partition coefficient (Wildman–Crippen LogP) is 2.15. The monoisotopic (exact) mass is 332 g/mol. The Hall–Kier alpha value is -1.17. The third-order valence-electron chi connectivity index (χ3n) is 7.45. The Morgan fingerprint density at radius 3 is 2.79 bits per heavy atom. The molecule has 0 amide bonds. The van der Waals surface area contributed by atoms with Crippen molar-refractivity contribution in [3.63, 3.8) is 0 Å². The van der Waals surface area contributed by atoms with E-state index in [4.69, 9.17) is 18.9 Å². The normalized spacial score (nSPS) is 56.7. The van der Waals surface area contributed by atoms with Crippen LogP contribution in [0.15, 0.2) is 23.8 Å². The summed E-state index contributed by atoms with van der Waals surface area (Å²) in [6.07, 6.45) is 6.12.